The Hall–Kier alpha value is -1.52. The molecule has 0 aliphatic carbocycles. The minimum atomic E-state index is -0.288. The maximum atomic E-state index is 11.6. The zero-order valence-corrected chi connectivity index (χ0v) is 9.65. The van der Waals surface area contributed by atoms with Crippen LogP contribution in [0.15, 0.2) is 15.7 Å². The van der Waals surface area contributed by atoms with Crippen LogP contribution in [-0.4, -0.2) is 22.2 Å². The number of nitrogens with zero attached hydrogens (tertiary/aromatic N) is 3. The van der Waals surface area contributed by atoms with Crippen molar-refractivity contribution in [2.75, 3.05) is 18.0 Å². The quantitative estimate of drug-likeness (QED) is 0.703. The van der Waals surface area contributed by atoms with Crippen LogP contribution in [0.4, 0.5) is 5.82 Å². The van der Waals surface area contributed by atoms with Gasteiger partial charge in [-0.05, 0) is 13.8 Å². The number of aromatic nitrogens is 2. The summed E-state index contributed by atoms with van der Waals surface area (Å²) in [5.41, 5.74) is -0.551. The molecule has 0 amide bonds. The van der Waals surface area contributed by atoms with Gasteiger partial charge in [0.25, 0.3) is 5.56 Å². The van der Waals surface area contributed by atoms with Gasteiger partial charge in [0.05, 0.1) is 0 Å². The van der Waals surface area contributed by atoms with Gasteiger partial charge >= 0.3 is 5.69 Å². The highest BCUT2D eigenvalue weighted by Crippen LogP contribution is 2.06. The lowest BCUT2D eigenvalue weighted by atomic mass is 10.4. The second-order valence-corrected chi connectivity index (χ2v) is 3.41. The predicted octanol–water partition coefficient (Wildman–Crippen LogP) is -0.0698. The highest BCUT2D eigenvalue weighted by Gasteiger charge is 2.09. The molecule has 0 radical (unpaired) electrons. The Morgan fingerprint density at radius 3 is 2.13 bits per heavy atom. The number of rotatable bonds is 3. The predicted molar refractivity (Wildman–Crippen MR) is 60.5 cm³/mol. The molecule has 15 heavy (non-hydrogen) atoms. The lowest BCUT2D eigenvalue weighted by Gasteiger charge is -2.23. The minimum Gasteiger partial charge on any atom is -0.358 e. The smallest absolute Gasteiger partial charge is 0.332 e. The van der Waals surface area contributed by atoms with E-state index in [4.69, 9.17) is 0 Å². The average molecular weight is 211 g/mol. The van der Waals surface area contributed by atoms with E-state index in [0.29, 0.717) is 5.82 Å². The minimum absolute atomic E-state index is 0.264. The average Bonchev–Trinajstić information content (AvgIpc) is 2.24. The van der Waals surface area contributed by atoms with Crippen molar-refractivity contribution in [3.63, 3.8) is 0 Å². The van der Waals surface area contributed by atoms with E-state index in [1.54, 1.807) is 7.05 Å². The molecule has 0 aliphatic rings. The molecule has 0 saturated heterocycles. The van der Waals surface area contributed by atoms with Gasteiger partial charge in [0.2, 0.25) is 0 Å². The fraction of sp³-hybridized carbons (Fsp3) is 0.600. The fourth-order valence-electron chi connectivity index (χ4n) is 1.57. The van der Waals surface area contributed by atoms with Crippen LogP contribution in [0.2, 0.25) is 0 Å². The van der Waals surface area contributed by atoms with E-state index in [1.807, 2.05) is 18.7 Å². The van der Waals surface area contributed by atoms with Gasteiger partial charge in [-0.15, -0.1) is 0 Å². The maximum Gasteiger partial charge on any atom is 0.332 e. The summed E-state index contributed by atoms with van der Waals surface area (Å²) >= 11 is 0. The molecular weight excluding hydrogens is 194 g/mol. The summed E-state index contributed by atoms with van der Waals surface area (Å²) in [5, 5.41) is 0. The topological polar surface area (TPSA) is 47.2 Å². The van der Waals surface area contributed by atoms with Crippen LogP contribution in [0.25, 0.3) is 0 Å². The van der Waals surface area contributed by atoms with Gasteiger partial charge < -0.3 is 4.90 Å². The Bertz CT molecular complexity index is 455. The first-order valence-corrected chi connectivity index (χ1v) is 5.04. The van der Waals surface area contributed by atoms with Crippen molar-refractivity contribution >= 4 is 5.82 Å². The molecule has 0 bridgehead atoms. The number of hydrogen-bond donors (Lipinski definition) is 0. The lowest BCUT2D eigenvalue weighted by Crippen LogP contribution is -2.40. The largest absolute Gasteiger partial charge is 0.358 e. The molecule has 0 atom stereocenters. The molecule has 0 aromatic carbocycles. The second kappa shape index (κ2) is 4.33. The van der Waals surface area contributed by atoms with E-state index >= 15 is 0 Å². The summed E-state index contributed by atoms with van der Waals surface area (Å²) in [6.07, 6.45) is 0. The molecule has 5 nitrogen and oxygen atoms in total. The molecule has 0 spiro atoms. The molecule has 1 rings (SSSR count). The molecule has 1 aromatic heterocycles. The van der Waals surface area contributed by atoms with Crippen molar-refractivity contribution in [2.45, 2.75) is 13.8 Å². The molecule has 1 aromatic rings. The second-order valence-electron chi connectivity index (χ2n) is 3.41. The van der Waals surface area contributed by atoms with E-state index in [2.05, 4.69) is 0 Å². The highest BCUT2D eigenvalue weighted by molar-refractivity contribution is 5.37. The monoisotopic (exact) mass is 211 g/mol. The fourth-order valence-corrected chi connectivity index (χ4v) is 1.57. The Labute approximate surface area is 88.6 Å². The third-order valence-electron chi connectivity index (χ3n) is 2.59. The maximum absolute atomic E-state index is 11.6. The first kappa shape index (κ1) is 11.6. The van der Waals surface area contributed by atoms with Crippen molar-refractivity contribution in [1.29, 1.82) is 0 Å². The first-order valence-electron chi connectivity index (χ1n) is 5.04. The van der Waals surface area contributed by atoms with Gasteiger partial charge in [-0.1, -0.05) is 0 Å². The van der Waals surface area contributed by atoms with E-state index in [0.717, 1.165) is 17.7 Å². The SMILES string of the molecule is CCN(CC)c1cc(=O)n(C)c(=O)n1C. The van der Waals surface area contributed by atoms with Gasteiger partial charge in [0.15, 0.2) is 0 Å². The summed E-state index contributed by atoms with van der Waals surface area (Å²) < 4.78 is 2.60. The Morgan fingerprint density at radius 1 is 1.13 bits per heavy atom. The van der Waals surface area contributed by atoms with Gasteiger partial charge in [-0.2, -0.15) is 0 Å². The van der Waals surface area contributed by atoms with E-state index in [-0.39, 0.29) is 11.2 Å². The van der Waals surface area contributed by atoms with Crippen LogP contribution in [0.5, 0.6) is 0 Å². The van der Waals surface area contributed by atoms with Crippen LogP contribution in [0.1, 0.15) is 13.8 Å². The molecule has 0 saturated carbocycles. The van der Waals surface area contributed by atoms with Crippen molar-refractivity contribution in [3.05, 3.63) is 26.9 Å². The zero-order chi connectivity index (χ0) is 11.6. The Balaban J connectivity index is 3.44. The van der Waals surface area contributed by atoms with Gasteiger partial charge in [0, 0.05) is 33.3 Å². The molecule has 0 fully saturated rings. The van der Waals surface area contributed by atoms with Crippen LogP contribution in [0.3, 0.4) is 0 Å². The molecule has 0 N–H and O–H groups in total. The molecular formula is C10H17N3O2. The molecule has 84 valence electrons. The van der Waals surface area contributed by atoms with Gasteiger partial charge in [0.1, 0.15) is 5.82 Å². The van der Waals surface area contributed by atoms with Crippen LogP contribution >= 0.6 is 0 Å². The molecule has 5 heteroatoms. The first-order chi connectivity index (χ1) is 7.02. The summed E-state index contributed by atoms with van der Waals surface area (Å²) in [5.74, 6) is 0.674. The van der Waals surface area contributed by atoms with Crippen molar-refractivity contribution in [1.82, 2.24) is 9.13 Å². The molecule has 0 aliphatic heterocycles. The van der Waals surface area contributed by atoms with Gasteiger partial charge in [-0.25, -0.2) is 4.79 Å². The summed E-state index contributed by atoms with van der Waals surface area (Å²) in [7, 11) is 3.16. The van der Waals surface area contributed by atoms with Crippen molar-refractivity contribution in [3.8, 4) is 0 Å². The zero-order valence-electron chi connectivity index (χ0n) is 9.65. The lowest BCUT2D eigenvalue weighted by molar-refractivity contribution is 0.665. The van der Waals surface area contributed by atoms with Gasteiger partial charge in [-0.3, -0.25) is 13.9 Å². The van der Waals surface area contributed by atoms with Crippen LogP contribution in [-0.2, 0) is 14.1 Å². The van der Waals surface area contributed by atoms with Crippen LogP contribution in [0, 0.1) is 0 Å². The van der Waals surface area contributed by atoms with Crippen molar-refractivity contribution < 1.29 is 0 Å². The summed E-state index contributed by atoms with van der Waals surface area (Å²) in [6, 6.07) is 1.49. The third-order valence-corrected chi connectivity index (χ3v) is 2.59. The normalized spacial score (nSPS) is 10.4. The molecule has 1 heterocycles. The molecule has 0 unspecified atom stereocenters. The Morgan fingerprint density at radius 2 is 1.67 bits per heavy atom. The Kier molecular flexibility index (Phi) is 3.34. The van der Waals surface area contributed by atoms with E-state index in [9.17, 15) is 9.59 Å². The summed E-state index contributed by atoms with van der Waals surface area (Å²) in [4.78, 5) is 25.1. The third kappa shape index (κ3) is 1.95. The van der Waals surface area contributed by atoms with E-state index < -0.39 is 0 Å². The van der Waals surface area contributed by atoms with Crippen molar-refractivity contribution in [2.24, 2.45) is 14.1 Å². The van der Waals surface area contributed by atoms with E-state index in [1.165, 1.54) is 17.7 Å². The number of hydrogen-bond acceptors (Lipinski definition) is 3. The van der Waals surface area contributed by atoms with Crippen LogP contribution < -0.4 is 16.1 Å². The summed E-state index contributed by atoms with van der Waals surface area (Å²) in [6.45, 7) is 5.53. The highest BCUT2D eigenvalue weighted by atomic mass is 16.2. The standard InChI is InChI=1S/C10H17N3O2/c1-5-13(6-2)8-7-9(14)12(4)10(15)11(8)3/h7H,5-6H2,1-4H3. The number of anilines is 1.